The first-order valence-electron chi connectivity index (χ1n) is 7.85. The van der Waals surface area contributed by atoms with Crippen LogP contribution in [0.3, 0.4) is 0 Å². The van der Waals surface area contributed by atoms with E-state index in [1.54, 1.807) is 12.5 Å². The van der Waals surface area contributed by atoms with Crippen molar-refractivity contribution < 1.29 is 13.2 Å². The Morgan fingerprint density at radius 2 is 1.88 bits per heavy atom. The molecule has 2 aromatic rings. The molecular weight excluding hydrogens is 326 g/mol. The average Bonchev–Trinajstić information content (AvgIpc) is 2.99. The van der Waals surface area contributed by atoms with Crippen LogP contribution < -0.4 is 5.32 Å². The van der Waals surface area contributed by atoms with Gasteiger partial charge in [0.05, 0.1) is 18.1 Å². The quantitative estimate of drug-likeness (QED) is 0.830. The van der Waals surface area contributed by atoms with E-state index in [1.165, 1.54) is 0 Å². The second-order valence-corrected chi connectivity index (χ2v) is 8.41. The topological polar surface area (TPSA) is 81.1 Å². The Balaban J connectivity index is 1.97. The Labute approximate surface area is 142 Å². The normalized spacial score (nSPS) is 13.0. The SMILES string of the molecule is CC(C)CS(=O)(=O)CC(=O)N[C@@H](C)c1ccc(-n2ccnc2)cc1. The van der Waals surface area contributed by atoms with Crippen LogP contribution in [0.1, 0.15) is 32.4 Å². The van der Waals surface area contributed by atoms with E-state index in [2.05, 4.69) is 10.3 Å². The van der Waals surface area contributed by atoms with Crippen LogP contribution in [0.15, 0.2) is 43.0 Å². The summed E-state index contributed by atoms with van der Waals surface area (Å²) < 4.78 is 25.6. The monoisotopic (exact) mass is 349 g/mol. The first-order valence-corrected chi connectivity index (χ1v) is 9.67. The number of amides is 1. The highest BCUT2D eigenvalue weighted by Crippen LogP contribution is 2.15. The summed E-state index contributed by atoms with van der Waals surface area (Å²) in [6.45, 7) is 5.47. The second kappa shape index (κ2) is 7.61. The van der Waals surface area contributed by atoms with E-state index in [9.17, 15) is 13.2 Å². The summed E-state index contributed by atoms with van der Waals surface area (Å²) in [6, 6.07) is 7.40. The van der Waals surface area contributed by atoms with Gasteiger partial charge in [0, 0.05) is 18.1 Å². The molecule has 7 heteroatoms. The van der Waals surface area contributed by atoms with Crippen LogP contribution in [0.4, 0.5) is 0 Å². The van der Waals surface area contributed by atoms with Gasteiger partial charge in [-0.3, -0.25) is 4.79 Å². The maximum atomic E-state index is 12.0. The summed E-state index contributed by atoms with van der Waals surface area (Å²) in [4.78, 5) is 16.0. The number of hydrogen-bond acceptors (Lipinski definition) is 4. The predicted octanol–water partition coefficient (Wildman–Crippen LogP) is 2.12. The molecule has 1 aromatic heterocycles. The lowest BCUT2D eigenvalue weighted by atomic mass is 10.1. The van der Waals surface area contributed by atoms with Gasteiger partial charge in [0.2, 0.25) is 5.91 Å². The number of sulfone groups is 1. The number of nitrogens with one attached hydrogen (secondary N) is 1. The van der Waals surface area contributed by atoms with Gasteiger partial charge in [-0.25, -0.2) is 13.4 Å². The van der Waals surface area contributed by atoms with Gasteiger partial charge in [-0.05, 0) is 30.5 Å². The Morgan fingerprint density at radius 3 is 2.42 bits per heavy atom. The molecule has 1 amide bonds. The molecule has 130 valence electrons. The van der Waals surface area contributed by atoms with Gasteiger partial charge in [0.15, 0.2) is 9.84 Å². The highest BCUT2D eigenvalue weighted by molar-refractivity contribution is 7.92. The first kappa shape index (κ1) is 18.2. The van der Waals surface area contributed by atoms with Crippen LogP contribution >= 0.6 is 0 Å². The number of nitrogens with zero attached hydrogens (tertiary/aromatic N) is 2. The number of carbonyl (C=O) groups excluding carboxylic acids is 1. The minimum atomic E-state index is -3.37. The van der Waals surface area contributed by atoms with Crippen molar-refractivity contribution in [2.24, 2.45) is 5.92 Å². The van der Waals surface area contributed by atoms with Crippen molar-refractivity contribution in [2.45, 2.75) is 26.8 Å². The summed E-state index contributed by atoms with van der Waals surface area (Å²) >= 11 is 0. The lowest BCUT2D eigenvalue weighted by Gasteiger charge is -2.15. The van der Waals surface area contributed by atoms with E-state index in [-0.39, 0.29) is 17.7 Å². The molecule has 24 heavy (non-hydrogen) atoms. The smallest absolute Gasteiger partial charge is 0.235 e. The van der Waals surface area contributed by atoms with Gasteiger partial charge in [0.1, 0.15) is 5.75 Å². The molecular formula is C17H23N3O3S. The van der Waals surface area contributed by atoms with E-state index in [1.807, 2.05) is 55.8 Å². The molecule has 1 atom stereocenters. The summed E-state index contributed by atoms with van der Waals surface area (Å²) in [5, 5.41) is 2.74. The Morgan fingerprint density at radius 1 is 1.21 bits per heavy atom. The number of aromatic nitrogens is 2. The van der Waals surface area contributed by atoms with Crippen molar-refractivity contribution in [3.8, 4) is 5.69 Å². The highest BCUT2D eigenvalue weighted by Gasteiger charge is 2.19. The van der Waals surface area contributed by atoms with Crippen molar-refractivity contribution in [1.29, 1.82) is 0 Å². The molecule has 0 saturated carbocycles. The fraction of sp³-hybridized carbons (Fsp3) is 0.412. The lowest BCUT2D eigenvalue weighted by molar-refractivity contribution is -0.119. The van der Waals surface area contributed by atoms with Gasteiger partial charge < -0.3 is 9.88 Å². The van der Waals surface area contributed by atoms with E-state index in [4.69, 9.17) is 0 Å². The molecule has 0 aliphatic carbocycles. The van der Waals surface area contributed by atoms with Crippen LogP contribution in [0.5, 0.6) is 0 Å². The maximum Gasteiger partial charge on any atom is 0.235 e. The summed E-state index contributed by atoms with van der Waals surface area (Å²) in [6.07, 6.45) is 5.26. The minimum absolute atomic E-state index is 0.0101. The number of imidazole rings is 1. The molecule has 0 radical (unpaired) electrons. The molecule has 1 heterocycles. The lowest BCUT2D eigenvalue weighted by Crippen LogP contribution is -2.33. The molecule has 0 aliphatic heterocycles. The third kappa shape index (κ3) is 5.19. The van der Waals surface area contributed by atoms with Gasteiger partial charge in [0.25, 0.3) is 0 Å². The van der Waals surface area contributed by atoms with E-state index in [0.717, 1.165) is 11.3 Å². The number of hydrogen-bond donors (Lipinski definition) is 1. The van der Waals surface area contributed by atoms with Crippen molar-refractivity contribution in [2.75, 3.05) is 11.5 Å². The van der Waals surface area contributed by atoms with Crippen molar-refractivity contribution in [1.82, 2.24) is 14.9 Å². The fourth-order valence-corrected chi connectivity index (χ4v) is 4.10. The summed E-state index contributed by atoms with van der Waals surface area (Å²) in [5.41, 5.74) is 1.88. The molecule has 0 bridgehead atoms. The number of benzene rings is 1. The number of carbonyl (C=O) groups is 1. The minimum Gasteiger partial charge on any atom is -0.349 e. The molecule has 0 unspecified atom stereocenters. The van der Waals surface area contributed by atoms with Crippen LogP contribution in [0.2, 0.25) is 0 Å². The van der Waals surface area contributed by atoms with Gasteiger partial charge in [-0.2, -0.15) is 0 Å². The van der Waals surface area contributed by atoms with Gasteiger partial charge in [-0.1, -0.05) is 26.0 Å². The first-order chi connectivity index (χ1) is 11.3. The van der Waals surface area contributed by atoms with Crippen LogP contribution in [-0.2, 0) is 14.6 Å². The Hall–Kier alpha value is -2.15. The van der Waals surface area contributed by atoms with Gasteiger partial charge >= 0.3 is 0 Å². The van der Waals surface area contributed by atoms with E-state index >= 15 is 0 Å². The number of rotatable bonds is 7. The Bertz CT molecular complexity index is 766. The molecule has 0 aliphatic rings. The Kier molecular flexibility index (Phi) is 5.77. The third-order valence-electron chi connectivity index (χ3n) is 3.51. The molecule has 2 rings (SSSR count). The molecule has 0 spiro atoms. The standard InChI is InChI=1S/C17H23N3O3S/c1-13(2)10-24(22,23)11-17(21)19-14(3)15-4-6-16(7-5-15)20-9-8-18-12-20/h4-9,12-14H,10-11H2,1-3H3,(H,19,21)/t14-/m0/s1. The molecule has 0 saturated heterocycles. The zero-order chi connectivity index (χ0) is 17.7. The highest BCUT2D eigenvalue weighted by atomic mass is 32.2. The largest absolute Gasteiger partial charge is 0.349 e. The van der Waals surface area contributed by atoms with Crippen molar-refractivity contribution in [3.63, 3.8) is 0 Å². The van der Waals surface area contributed by atoms with Crippen molar-refractivity contribution in [3.05, 3.63) is 48.5 Å². The zero-order valence-electron chi connectivity index (χ0n) is 14.1. The molecule has 1 aromatic carbocycles. The molecule has 1 N–H and O–H groups in total. The molecule has 6 nitrogen and oxygen atoms in total. The van der Waals surface area contributed by atoms with Crippen LogP contribution in [0, 0.1) is 5.92 Å². The predicted molar refractivity (Wildman–Crippen MR) is 93.6 cm³/mol. The maximum absolute atomic E-state index is 12.0. The fourth-order valence-electron chi connectivity index (χ4n) is 2.48. The second-order valence-electron chi connectivity index (χ2n) is 6.30. The third-order valence-corrected chi connectivity index (χ3v) is 5.39. The van der Waals surface area contributed by atoms with E-state index in [0.29, 0.717) is 0 Å². The zero-order valence-corrected chi connectivity index (χ0v) is 15.0. The van der Waals surface area contributed by atoms with E-state index < -0.39 is 21.5 Å². The van der Waals surface area contributed by atoms with Gasteiger partial charge in [-0.15, -0.1) is 0 Å². The van der Waals surface area contributed by atoms with Crippen LogP contribution in [-0.4, -0.2) is 35.4 Å². The van der Waals surface area contributed by atoms with Crippen molar-refractivity contribution >= 4 is 15.7 Å². The molecule has 0 fully saturated rings. The summed E-state index contributed by atoms with van der Waals surface area (Å²) in [7, 11) is -3.37. The summed E-state index contributed by atoms with van der Waals surface area (Å²) in [5.74, 6) is -0.908. The average molecular weight is 349 g/mol. The van der Waals surface area contributed by atoms with Crippen LogP contribution in [0.25, 0.3) is 5.69 Å².